The van der Waals surface area contributed by atoms with Crippen LogP contribution in [0.5, 0.6) is 0 Å². The zero-order valence-corrected chi connectivity index (χ0v) is 19.8. The predicted octanol–water partition coefficient (Wildman–Crippen LogP) is 2.94. The molecule has 0 radical (unpaired) electrons. The summed E-state index contributed by atoms with van der Waals surface area (Å²) >= 11 is 0. The van der Waals surface area contributed by atoms with Crippen LogP contribution < -0.4 is 10.6 Å². The molecule has 178 valence electrons. The van der Waals surface area contributed by atoms with Crippen molar-refractivity contribution in [3.8, 4) is 6.07 Å². The van der Waals surface area contributed by atoms with Gasteiger partial charge in [0.1, 0.15) is 12.1 Å². The predicted molar refractivity (Wildman–Crippen MR) is 129 cm³/mol. The maximum absolute atomic E-state index is 13.4. The molecule has 1 heterocycles. The van der Waals surface area contributed by atoms with Crippen molar-refractivity contribution in [3.63, 3.8) is 0 Å². The van der Waals surface area contributed by atoms with E-state index in [1.165, 1.54) is 0 Å². The summed E-state index contributed by atoms with van der Waals surface area (Å²) in [5.41, 5.74) is 2.33. The zero-order chi connectivity index (χ0) is 24.5. The molecule has 1 unspecified atom stereocenters. The van der Waals surface area contributed by atoms with E-state index in [4.69, 9.17) is 5.26 Å². The molecule has 0 bridgehead atoms. The van der Waals surface area contributed by atoms with E-state index in [1.807, 2.05) is 44.2 Å². The van der Waals surface area contributed by atoms with Gasteiger partial charge in [0.2, 0.25) is 17.7 Å². The Labute approximate surface area is 201 Å². The first-order valence-corrected chi connectivity index (χ1v) is 11.8. The van der Waals surface area contributed by atoms with Gasteiger partial charge in [0.15, 0.2) is 0 Å². The van der Waals surface area contributed by atoms with Crippen LogP contribution in [0.4, 0.5) is 0 Å². The smallest absolute Gasteiger partial charge is 0.245 e. The standard InChI is InChI=1S/C27H32N4O3/c1-19(2)15-23(30-25(32)16-20-7-4-3-5-8-20)27(34)31-14-6-9-24(31)26(33)29-18-22-12-10-21(17-28)11-13-22/h3-5,7-8,10-13,19,23-24H,6,9,14-16,18H2,1-2H3,(H,29,33)(H,30,32)/t23?,24-/m0/s1. The molecule has 1 aliphatic rings. The molecule has 34 heavy (non-hydrogen) atoms. The molecule has 2 aromatic rings. The lowest BCUT2D eigenvalue weighted by Gasteiger charge is -2.29. The number of rotatable bonds is 9. The van der Waals surface area contributed by atoms with E-state index >= 15 is 0 Å². The molecule has 2 aromatic carbocycles. The molecule has 0 aliphatic carbocycles. The fraction of sp³-hybridized carbons (Fsp3) is 0.407. The summed E-state index contributed by atoms with van der Waals surface area (Å²) in [7, 11) is 0. The van der Waals surface area contributed by atoms with E-state index in [0.29, 0.717) is 31.5 Å². The van der Waals surface area contributed by atoms with Crippen LogP contribution in [0.2, 0.25) is 0 Å². The number of nitriles is 1. The Morgan fingerprint density at radius 3 is 2.41 bits per heavy atom. The van der Waals surface area contributed by atoms with Crippen molar-refractivity contribution < 1.29 is 14.4 Å². The van der Waals surface area contributed by atoms with Crippen LogP contribution in [-0.2, 0) is 27.3 Å². The average Bonchev–Trinajstić information content (AvgIpc) is 3.32. The summed E-state index contributed by atoms with van der Waals surface area (Å²) in [6.07, 6.45) is 2.05. The molecule has 3 amide bonds. The largest absolute Gasteiger partial charge is 0.350 e. The Kier molecular flexibility index (Phi) is 8.80. The Balaban J connectivity index is 1.62. The second-order valence-corrected chi connectivity index (χ2v) is 9.13. The summed E-state index contributed by atoms with van der Waals surface area (Å²) in [5.74, 6) is -0.399. The van der Waals surface area contributed by atoms with Gasteiger partial charge in [-0.3, -0.25) is 14.4 Å². The van der Waals surface area contributed by atoms with Gasteiger partial charge in [-0.05, 0) is 48.4 Å². The second-order valence-electron chi connectivity index (χ2n) is 9.13. The summed E-state index contributed by atoms with van der Waals surface area (Å²) in [4.78, 5) is 40.6. The van der Waals surface area contributed by atoms with Crippen molar-refractivity contribution in [1.29, 1.82) is 5.26 Å². The number of amides is 3. The Morgan fingerprint density at radius 1 is 1.06 bits per heavy atom. The SMILES string of the molecule is CC(C)CC(NC(=O)Cc1ccccc1)C(=O)N1CCC[C@H]1C(=O)NCc1ccc(C#N)cc1. The van der Waals surface area contributed by atoms with E-state index in [-0.39, 0.29) is 30.1 Å². The molecule has 3 rings (SSSR count). The molecule has 0 spiro atoms. The molecule has 1 aliphatic heterocycles. The third kappa shape index (κ3) is 6.92. The lowest BCUT2D eigenvalue weighted by Crippen LogP contribution is -2.54. The van der Waals surface area contributed by atoms with E-state index in [2.05, 4.69) is 16.7 Å². The van der Waals surface area contributed by atoms with Crippen molar-refractivity contribution >= 4 is 17.7 Å². The van der Waals surface area contributed by atoms with Crippen LogP contribution in [-0.4, -0.2) is 41.2 Å². The van der Waals surface area contributed by atoms with Crippen LogP contribution >= 0.6 is 0 Å². The average molecular weight is 461 g/mol. The first kappa shape index (κ1) is 25.0. The van der Waals surface area contributed by atoms with Gasteiger partial charge in [0.05, 0.1) is 18.1 Å². The molecule has 1 saturated heterocycles. The number of nitrogens with zero attached hydrogens (tertiary/aromatic N) is 2. The minimum atomic E-state index is -0.664. The van der Waals surface area contributed by atoms with Crippen molar-refractivity contribution in [2.45, 2.75) is 58.2 Å². The topological polar surface area (TPSA) is 102 Å². The first-order chi connectivity index (χ1) is 16.4. The van der Waals surface area contributed by atoms with Gasteiger partial charge in [0.25, 0.3) is 0 Å². The number of hydrogen-bond donors (Lipinski definition) is 2. The monoisotopic (exact) mass is 460 g/mol. The molecule has 7 nitrogen and oxygen atoms in total. The summed E-state index contributed by atoms with van der Waals surface area (Å²) in [5, 5.41) is 14.7. The minimum Gasteiger partial charge on any atom is -0.350 e. The third-order valence-electron chi connectivity index (χ3n) is 5.94. The van der Waals surface area contributed by atoms with Crippen LogP contribution in [0.25, 0.3) is 0 Å². The summed E-state index contributed by atoms with van der Waals surface area (Å²) < 4.78 is 0. The molecule has 0 saturated carbocycles. The first-order valence-electron chi connectivity index (χ1n) is 11.8. The van der Waals surface area contributed by atoms with Gasteiger partial charge >= 0.3 is 0 Å². The maximum Gasteiger partial charge on any atom is 0.245 e. The number of likely N-dealkylation sites (tertiary alicyclic amines) is 1. The van der Waals surface area contributed by atoms with Crippen molar-refractivity contribution in [3.05, 3.63) is 71.3 Å². The van der Waals surface area contributed by atoms with Gasteiger partial charge in [-0.1, -0.05) is 56.3 Å². The van der Waals surface area contributed by atoms with E-state index in [9.17, 15) is 14.4 Å². The molecule has 0 aromatic heterocycles. The lowest BCUT2D eigenvalue weighted by molar-refractivity contribution is -0.141. The van der Waals surface area contributed by atoms with Gasteiger partial charge < -0.3 is 15.5 Å². The molecule has 2 atom stereocenters. The molecular formula is C27H32N4O3. The fourth-order valence-electron chi connectivity index (χ4n) is 4.23. The number of carbonyl (C=O) groups excluding carboxylic acids is 3. The summed E-state index contributed by atoms with van der Waals surface area (Å²) in [6, 6.07) is 17.3. The number of nitrogens with one attached hydrogen (secondary N) is 2. The Bertz CT molecular complexity index is 1030. The number of carbonyl (C=O) groups is 3. The van der Waals surface area contributed by atoms with Gasteiger partial charge in [0, 0.05) is 13.1 Å². The zero-order valence-electron chi connectivity index (χ0n) is 19.8. The highest BCUT2D eigenvalue weighted by Gasteiger charge is 2.37. The van der Waals surface area contributed by atoms with E-state index in [1.54, 1.807) is 29.2 Å². The van der Waals surface area contributed by atoms with Crippen LogP contribution in [0.3, 0.4) is 0 Å². The van der Waals surface area contributed by atoms with Crippen molar-refractivity contribution in [2.24, 2.45) is 5.92 Å². The van der Waals surface area contributed by atoms with Crippen molar-refractivity contribution in [2.75, 3.05) is 6.54 Å². The van der Waals surface area contributed by atoms with Crippen LogP contribution in [0.15, 0.2) is 54.6 Å². The third-order valence-corrected chi connectivity index (χ3v) is 5.94. The normalized spacial score (nSPS) is 16.1. The van der Waals surface area contributed by atoms with Gasteiger partial charge in [-0.15, -0.1) is 0 Å². The van der Waals surface area contributed by atoms with E-state index < -0.39 is 12.1 Å². The minimum absolute atomic E-state index is 0.200. The van der Waals surface area contributed by atoms with Crippen LogP contribution in [0.1, 0.15) is 49.8 Å². The number of hydrogen-bond acceptors (Lipinski definition) is 4. The molecule has 1 fully saturated rings. The number of benzene rings is 2. The fourth-order valence-corrected chi connectivity index (χ4v) is 4.23. The second kappa shape index (κ2) is 12.0. The highest BCUT2D eigenvalue weighted by molar-refractivity contribution is 5.92. The highest BCUT2D eigenvalue weighted by Crippen LogP contribution is 2.21. The molecular weight excluding hydrogens is 428 g/mol. The lowest BCUT2D eigenvalue weighted by atomic mass is 10.0. The van der Waals surface area contributed by atoms with Crippen molar-refractivity contribution in [1.82, 2.24) is 15.5 Å². The van der Waals surface area contributed by atoms with Gasteiger partial charge in [-0.2, -0.15) is 5.26 Å². The Hall–Kier alpha value is -3.66. The maximum atomic E-state index is 13.4. The van der Waals surface area contributed by atoms with E-state index in [0.717, 1.165) is 17.5 Å². The summed E-state index contributed by atoms with van der Waals surface area (Å²) in [6.45, 7) is 4.84. The highest BCUT2D eigenvalue weighted by atomic mass is 16.2. The molecule has 2 N–H and O–H groups in total. The Morgan fingerprint density at radius 2 is 1.76 bits per heavy atom. The quantitative estimate of drug-likeness (QED) is 0.601. The van der Waals surface area contributed by atoms with Gasteiger partial charge in [-0.25, -0.2) is 0 Å². The molecule has 7 heteroatoms. The van der Waals surface area contributed by atoms with Crippen LogP contribution in [0, 0.1) is 17.2 Å².